The number of hydrogen-bond donors (Lipinski definition) is 7. The number of nitrogens with two attached hydrogens (primary N) is 1. The molecule has 1 aromatic heterocycles. The Balaban J connectivity index is 1.00. The average Bonchev–Trinajstić information content (AvgIpc) is 1.61. The molecule has 0 spiro atoms. The fourth-order valence-electron chi connectivity index (χ4n) is 15.0. The van der Waals surface area contributed by atoms with Gasteiger partial charge in [-0.2, -0.15) is 0 Å². The molecule has 2 heterocycles. The normalized spacial score (nSPS) is 15.3. The van der Waals surface area contributed by atoms with Crippen LogP contribution in [0.2, 0.25) is 0 Å². The summed E-state index contributed by atoms with van der Waals surface area (Å²) in [6.07, 6.45) is 8.03. The number of likely N-dealkylation sites (tertiary alicyclic amines) is 1. The first kappa shape index (κ1) is 108. The van der Waals surface area contributed by atoms with Crippen LogP contribution >= 0.6 is 11.3 Å². The molecule has 8 amide bonds. The number of primary amides is 1. The van der Waals surface area contributed by atoms with Gasteiger partial charge < -0.3 is 99.0 Å². The van der Waals surface area contributed by atoms with E-state index in [9.17, 15) is 47.9 Å². The molecular weight excluding hydrogens is 1610 g/mol. The van der Waals surface area contributed by atoms with Gasteiger partial charge in [0.2, 0.25) is 41.4 Å². The first-order chi connectivity index (χ1) is 59.2. The van der Waals surface area contributed by atoms with E-state index in [1.54, 1.807) is 88.9 Å². The number of nitrogens with one attached hydrogen (secondary N) is 5. The van der Waals surface area contributed by atoms with Crippen molar-refractivity contribution in [2.24, 2.45) is 41.2 Å². The predicted octanol–water partition coefficient (Wildman–Crippen LogP) is 9.44. The fraction of sp³-hybridized carbons (Fsp3) is 0.722. The molecule has 0 aliphatic carbocycles. The first-order valence-corrected chi connectivity index (χ1v) is 45.1. The molecule has 1 fully saturated rings. The van der Waals surface area contributed by atoms with Crippen LogP contribution in [0.1, 0.15) is 194 Å². The highest BCUT2D eigenvalue weighted by Crippen LogP contribution is 2.34. The molecule has 123 heavy (non-hydrogen) atoms. The number of nitrogens with zero attached hydrogens (tertiary/aromatic N) is 4. The van der Waals surface area contributed by atoms with E-state index in [1.807, 2.05) is 76.9 Å². The number of benzene rings is 2. The van der Waals surface area contributed by atoms with Gasteiger partial charge in [-0.15, -0.1) is 11.3 Å². The van der Waals surface area contributed by atoms with Gasteiger partial charge in [0.05, 0.1) is 141 Å². The van der Waals surface area contributed by atoms with Crippen LogP contribution in [0.4, 0.5) is 10.5 Å². The minimum atomic E-state index is -0.975. The lowest BCUT2D eigenvalue weighted by atomic mass is 9.83. The molecule has 33 heteroatoms. The Morgan fingerprint density at radius 2 is 1.19 bits per heavy atom. The number of amides is 8. The van der Waals surface area contributed by atoms with E-state index in [4.69, 9.17) is 63.0 Å². The zero-order valence-corrected chi connectivity index (χ0v) is 76.4. The summed E-state index contributed by atoms with van der Waals surface area (Å²) in [5.74, 6) is -4.54. The quantitative estimate of drug-likeness (QED) is 0.0204. The number of ketones is 2. The third-order valence-electron chi connectivity index (χ3n) is 22.1. The summed E-state index contributed by atoms with van der Waals surface area (Å²) in [6, 6.07) is 13.3. The second kappa shape index (κ2) is 63.4. The van der Waals surface area contributed by atoms with Crippen LogP contribution in [0.15, 0.2) is 66.2 Å². The lowest BCUT2D eigenvalue weighted by Crippen LogP contribution is -2.54. The van der Waals surface area contributed by atoms with Gasteiger partial charge in [-0.25, -0.2) is 15.3 Å². The number of rotatable bonds is 71. The van der Waals surface area contributed by atoms with Gasteiger partial charge in [-0.05, 0) is 98.3 Å². The van der Waals surface area contributed by atoms with Gasteiger partial charge in [-0.3, -0.25) is 43.2 Å². The molecule has 1 aliphatic heterocycles. The summed E-state index contributed by atoms with van der Waals surface area (Å²) in [5, 5.41) is 22.6. The van der Waals surface area contributed by atoms with E-state index in [-0.39, 0.29) is 129 Å². The number of alkyl carbamates (subject to hydrolysis) is 1. The average molecular weight is 1750 g/mol. The SMILES string of the molecule is CCC(C)[C@@H]([C@@H](CC(=O)N1CCC[C@H]1[C@H](OC)[C@@H](C)C(=O)C[C@@H](Cc1ccccc1)c1nccs1)OC)N(C)C(=O)[C@@H](CC(=O)[C@H](C(C)C)N(C)C(=O)CCCOCCOCCOCCOCCOCCOCCOCCOCCNC(=O)OCc1ccc(NC(=O)[C@H](CCCCC(N)=O)NC(=O)[C@@H](NC(=O)CCCCCCNO)C(C)C)cc1)C(C)C. The van der Waals surface area contributed by atoms with Crippen molar-refractivity contribution in [1.29, 1.82) is 0 Å². The Labute approximate surface area is 734 Å². The summed E-state index contributed by atoms with van der Waals surface area (Å²) >= 11 is 1.55. The summed E-state index contributed by atoms with van der Waals surface area (Å²) < 4.78 is 62.5. The van der Waals surface area contributed by atoms with Crippen molar-refractivity contribution in [1.82, 2.24) is 41.1 Å². The number of carbonyl (C=O) groups is 10. The smallest absolute Gasteiger partial charge is 0.407 e. The lowest BCUT2D eigenvalue weighted by Gasteiger charge is -2.41. The number of carbonyl (C=O) groups excluding carboxylic acids is 10. The lowest BCUT2D eigenvalue weighted by molar-refractivity contribution is -0.149. The van der Waals surface area contributed by atoms with Crippen LogP contribution in [-0.4, -0.2) is 280 Å². The molecular formula is C90H148N10O22S. The minimum absolute atomic E-state index is 0.00113. The molecule has 696 valence electrons. The van der Waals surface area contributed by atoms with Gasteiger partial charge in [0, 0.05) is 122 Å². The third kappa shape index (κ3) is 42.6. The number of Topliss-reactive ketones (excluding diaryl/α,β-unsaturated/α-hetero) is 2. The minimum Gasteiger partial charge on any atom is -0.445 e. The number of hydrogen-bond acceptors (Lipinski definition) is 25. The Bertz CT molecular complexity index is 3460. The van der Waals surface area contributed by atoms with Gasteiger partial charge in [0.25, 0.3) is 0 Å². The van der Waals surface area contributed by atoms with E-state index >= 15 is 0 Å². The van der Waals surface area contributed by atoms with Crippen LogP contribution < -0.4 is 32.5 Å². The van der Waals surface area contributed by atoms with Gasteiger partial charge in [-0.1, -0.05) is 130 Å². The number of methoxy groups -OCH3 is 2. The number of unbranched alkanes of at least 4 members (excludes halogenated alkanes) is 4. The number of likely N-dealkylation sites (N-methyl/N-ethyl adjacent to an activating group) is 2. The maximum Gasteiger partial charge on any atom is 0.407 e. The predicted molar refractivity (Wildman–Crippen MR) is 468 cm³/mol. The molecule has 0 radical (unpaired) electrons. The summed E-state index contributed by atoms with van der Waals surface area (Å²) in [6.45, 7) is 24.1. The molecule has 8 N–H and O–H groups in total. The molecule has 0 saturated carbocycles. The van der Waals surface area contributed by atoms with E-state index in [0.29, 0.717) is 175 Å². The van der Waals surface area contributed by atoms with Crippen molar-refractivity contribution < 1.29 is 105 Å². The van der Waals surface area contributed by atoms with Crippen LogP contribution in [0.3, 0.4) is 0 Å². The largest absolute Gasteiger partial charge is 0.445 e. The van der Waals surface area contributed by atoms with Gasteiger partial charge >= 0.3 is 6.09 Å². The monoisotopic (exact) mass is 1750 g/mol. The number of anilines is 1. The zero-order chi connectivity index (χ0) is 90.3. The number of thiazole rings is 1. The Kier molecular flexibility index (Phi) is 55.6. The van der Waals surface area contributed by atoms with Crippen LogP contribution in [0.5, 0.6) is 0 Å². The van der Waals surface area contributed by atoms with E-state index < -0.39 is 72.0 Å². The third-order valence-corrected chi connectivity index (χ3v) is 23.1. The van der Waals surface area contributed by atoms with Crippen molar-refractivity contribution in [3.63, 3.8) is 0 Å². The standard InChI is InChI=1S/C90H148N10O22S/c1-14-66(8)84(77(112-12)61-81(106)100-40-24-29-74(100)85(113-13)67(9)75(101)59-70(88-92-39-57-123-88)58-68-26-18-17-19-27-68)99(11)89(109)72(63(2)3)60-76(102)83(65(6)7)98(10)80(105)32-25-41-114-43-45-116-47-49-118-51-53-120-55-56-121-54-52-119-50-48-117-46-44-115-42-38-93-90(110)122-62-69-33-35-71(36-34-69)95-86(107)73(28-21-22-30-78(91)103)96-87(108)82(64(4)5)97-79(104)31-20-15-16-23-37-94-111/h17-19,26-27,33-36,39,57,63-67,70,72-74,77,82-85,94,111H,14-16,20-25,28-32,37-38,40-56,58-62H2,1-13H3,(H2,91,103)(H,93,110)(H,95,107)(H,96,108)(H,97,104)/t66?,67-,70+,72-,73-,74-,77+,82-,83-,84-,85+/m0/s1. The highest BCUT2D eigenvalue weighted by Gasteiger charge is 2.44. The zero-order valence-electron chi connectivity index (χ0n) is 75.6. The molecule has 3 aromatic rings. The maximum atomic E-state index is 14.9. The number of aromatic nitrogens is 1. The van der Waals surface area contributed by atoms with Crippen LogP contribution in [0, 0.1) is 35.5 Å². The summed E-state index contributed by atoms with van der Waals surface area (Å²) in [4.78, 5) is 145. The van der Waals surface area contributed by atoms with Crippen LogP contribution in [-0.2, 0) is 108 Å². The molecule has 0 bridgehead atoms. The van der Waals surface area contributed by atoms with E-state index in [2.05, 4.69) is 43.9 Å². The molecule has 2 aromatic carbocycles. The maximum absolute atomic E-state index is 14.9. The van der Waals surface area contributed by atoms with E-state index in [0.717, 1.165) is 36.3 Å². The topological polar surface area (TPSA) is 401 Å². The number of ether oxygens (including phenoxy) is 11. The highest BCUT2D eigenvalue weighted by atomic mass is 32.1. The second-order valence-corrected chi connectivity index (χ2v) is 33.5. The van der Waals surface area contributed by atoms with Crippen molar-refractivity contribution in [3.05, 3.63) is 82.3 Å². The molecule has 1 aliphatic rings. The van der Waals surface area contributed by atoms with Crippen molar-refractivity contribution >= 4 is 76.0 Å². The van der Waals surface area contributed by atoms with Crippen LogP contribution in [0.25, 0.3) is 0 Å². The number of hydroxylamine groups is 1. The van der Waals surface area contributed by atoms with Gasteiger partial charge in [0.1, 0.15) is 24.5 Å². The molecule has 4 rings (SSSR count). The Morgan fingerprint density at radius 1 is 0.602 bits per heavy atom. The Morgan fingerprint density at radius 3 is 1.72 bits per heavy atom. The van der Waals surface area contributed by atoms with E-state index in [1.165, 1.54) is 4.90 Å². The highest BCUT2D eigenvalue weighted by molar-refractivity contribution is 7.09. The molecule has 32 nitrogen and oxygen atoms in total. The van der Waals surface area contributed by atoms with Crippen molar-refractivity contribution in [3.8, 4) is 0 Å². The first-order valence-electron chi connectivity index (χ1n) is 44.2. The fourth-order valence-corrected chi connectivity index (χ4v) is 15.8. The molecule has 1 unspecified atom stereocenters. The van der Waals surface area contributed by atoms with Crippen molar-refractivity contribution in [2.45, 2.75) is 233 Å². The molecule has 11 atom stereocenters. The molecule has 1 saturated heterocycles. The summed E-state index contributed by atoms with van der Waals surface area (Å²) in [5.41, 5.74) is 9.65. The van der Waals surface area contributed by atoms with Gasteiger partial charge in [0.15, 0.2) is 5.78 Å². The Hall–Kier alpha value is -7.51. The van der Waals surface area contributed by atoms with Crippen molar-refractivity contribution in [2.75, 3.05) is 159 Å². The second-order valence-electron chi connectivity index (χ2n) is 32.6. The summed E-state index contributed by atoms with van der Waals surface area (Å²) in [7, 11) is 6.56.